The number of amides is 1. The molecule has 4 nitrogen and oxygen atoms in total. The van der Waals surface area contributed by atoms with Crippen molar-refractivity contribution >= 4 is 12.0 Å². The largest absolute Gasteiger partial charge is 0.494 e. The molecule has 0 aliphatic heterocycles. The number of hydrogen-bond acceptors (Lipinski definition) is 3. The standard InChI is InChI=1S/C16H15FN2O2/c1-21-15-6-4-12(9-14(15)17)5-7-16(20)19-11-13-3-2-8-18-10-13/h2-10H,11H2,1H3,(H,19,20)/b7-5+. The van der Waals surface area contributed by atoms with Crippen molar-refractivity contribution in [3.63, 3.8) is 0 Å². The first-order chi connectivity index (χ1) is 10.2. The molecule has 2 rings (SSSR count). The topological polar surface area (TPSA) is 51.2 Å². The van der Waals surface area contributed by atoms with Crippen LogP contribution in [-0.2, 0) is 11.3 Å². The molecule has 1 aromatic carbocycles. The van der Waals surface area contributed by atoms with Crippen LogP contribution in [0.4, 0.5) is 4.39 Å². The summed E-state index contributed by atoms with van der Waals surface area (Å²) in [6, 6.07) is 8.17. The van der Waals surface area contributed by atoms with Gasteiger partial charge in [-0.3, -0.25) is 9.78 Å². The van der Waals surface area contributed by atoms with Crippen LogP contribution in [0.5, 0.6) is 5.75 Å². The third-order valence-electron chi connectivity index (χ3n) is 2.79. The van der Waals surface area contributed by atoms with Crippen LogP contribution in [0, 0.1) is 5.82 Å². The SMILES string of the molecule is COc1ccc(/C=C/C(=O)NCc2cccnc2)cc1F. The van der Waals surface area contributed by atoms with Gasteiger partial charge in [-0.05, 0) is 35.4 Å². The highest BCUT2D eigenvalue weighted by Crippen LogP contribution is 2.18. The number of hydrogen-bond donors (Lipinski definition) is 1. The molecule has 108 valence electrons. The Kier molecular flexibility index (Phi) is 5.04. The minimum Gasteiger partial charge on any atom is -0.494 e. The first-order valence-electron chi connectivity index (χ1n) is 6.37. The van der Waals surface area contributed by atoms with Crippen molar-refractivity contribution in [2.45, 2.75) is 6.54 Å². The molecule has 0 spiro atoms. The van der Waals surface area contributed by atoms with Gasteiger partial charge >= 0.3 is 0 Å². The molecule has 0 bridgehead atoms. The van der Waals surface area contributed by atoms with E-state index in [2.05, 4.69) is 10.3 Å². The highest BCUT2D eigenvalue weighted by atomic mass is 19.1. The monoisotopic (exact) mass is 286 g/mol. The zero-order valence-corrected chi connectivity index (χ0v) is 11.5. The van der Waals surface area contributed by atoms with E-state index >= 15 is 0 Å². The lowest BCUT2D eigenvalue weighted by Crippen LogP contribution is -2.20. The van der Waals surface area contributed by atoms with Crippen LogP contribution in [0.15, 0.2) is 48.8 Å². The number of carbonyl (C=O) groups excluding carboxylic acids is 1. The van der Waals surface area contributed by atoms with Gasteiger partial charge in [0.1, 0.15) is 0 Å². The molecule has 1 aromatic heterocycles. The van der Waals surface area contributed by atoms with Crippen LogP contribution in [0.2, 0.25) is 0 Å². The fraction of sp³-hybridized carbons (Fsp3) is 0.125. The van der Waals surface area contributed by atoms with Gasteiger partial charge in [0.15, 0.2) is 11.6 Å². The lowest BCUT2D eigenvalue weighted by Gasteiger charge is -2.03. The van der Waals surface area contributed by atoms with Crippen molar-refractivity contribution in [1.29, 1.82) is 0 Å². The summed E-state index contributed by atoms with van der Waals surface area (Å²) in [5.74, 6) is -0.543. The van der Waals surface area contributed by atoms with E-state index in [-0.39, 0.29) is 11.7 Å². The van der Waals surface area contributed by atoms with E-state index in [4.69, 9.17) is 4.74 Å². The van der Waals surface area contributed by atoms with Crippen LogP contribution >= 0.6 is 0 Å². The Morgan fingerprint density at radius 2 is 2.29 bits per heavy atom. The van der Waals surface area contributed by atoms with Crippen LogP contribution in [0.3, 0.4) is 0 Å². The summed E-state index contributed by atoms with van der Waals surface area (Å²) < 4.78 is 18.3. The van der Waals surface area contributed by atoms with Crippen LogP contribution in [-0.4, -0.2) is 18.0 Å². The fourth-order valence-corrected chi connectivity index (χ4v) is 1.71. The van der Waals surface area contributed by atoms with Crippen molar-refractivity contribution in [3.8, 4) is 5.75 Å². The molecule has 1 amide bonds. The molecule has 0 aliphatic rings. The molecule has 0 radical (unpaired) electrons. The van der Waals surface area contributed by atoms with E-state index < -0.39 is 5.82 Å². The number of nitrogens with one attached hydrogen (secondary N) is 1. The predicted octanol–water partition coefficient (Wildman–Crippen LogP) is 2.56. The van der Waals surface area contributed by atoms with Crippen LogP contribution < -0.4 is 10.1 Å². The maximum atomic E-state index is 13.5. The normalized spacial score (nSPS) is 10.6. The van der Waals surface area contributed by atoms with Gasteiger partial charge in [-0.1, -0.05) is 12.1 Å². The predicted molar refractivity (Wildman–Crippen MR) is 78.1 cm³/mol. The molecule has 0 fully saturated rings. The molecule has 0 aliphatic carbocycles. The van der Waals surface area contributed by atoms with Gasteiger partial charge in [0.25, 0.3) is 0 Å². The Morgan fingerprint density at radius 3 is 2.95 bits per heavy atom. The molecule has 0 unspecified atom stereocenters. The van der Waals surface area contributed by atoms with Crippen LogP contribution in [0.25, 0.3) is 6.08 Å². The lowest BCUT2D eigenvalue weighted by molar-refractivity contribution is -0.116. The number of carbonyl (C=O) groups is 1. The molecule has 0 saturated carbocycles. The number of aromatic nitrogens is 1. The third kappa shape index (κ3) is 4.42. The first kappa shape index (κ1) is 14.7. The summed E-state index contributed by atoms with van der Waals surface area (Å²) in [7, 11) is 1.40. The minimum atomic E-state index is -0.463. The summed E-state index contributed by atoms with van der Waals surface area (Å²) in [4.78, 5) is 15.6. The molecule has 0 saturated heterocycles. The van der Waals surface area contributed by atoms with Crippen molar-refractivity contribution in [2.75, 3.05) is 7.11 Å². The van der Waals surface area contributed by atoms with Gasteiger partial charge in [-0.25, -0.2) is 4.39 Å². The van der Waals surface area contributed by atoms with E-state index in [1.807, 2.05) is 6.07 Å². The maximum Gasteiger partial charge on any atom is 0.244 e. The van der Waals surface area contributed by atoms with E-state index in [0.717, 1.165) is 5.56 Å². The average molecular weight is 286 g/mol. The molecular formula is C16H15FN2O2. The average Bonchev–Trinajstić information content (AvgIpc) is 2.52. The van der Waals surface area contributed by atoms with Crippen molar-refractivity contribution in [2.24, 2.45) is 0 Å². The summed E-state index contributed by atoms with van der Waals surface area (Å²) in [5, 5.41) is 2.72. The summed E-state index contributed by atoms with van der Waals surface area (Å²) in [5.41, 5.74) is 1.50. The molecular weight excluding hydrogens is 271 g/mol. The Hall–Kier alpha value is -2.69. The smallest absolute Gasteiger partial charge is 0.244 e. The van der Waals surface area contributed by atoms with Crippen molar-refractivity contribution in [1.82, 2.24) is 10.3 Å². The van der Waals surface area contributed by atoms with E-state index in [0.29, 0.717) is 12.1 Å². The van der Waals surface area contributed by atoms with Gasteiger partial charge in [0.05, 0.1) is 7.11 Å². The number of methoxy groups -OCH3 is 1. The van der Waals surface area contributed by atoms with Crippen LogP contribution in [0.1, 0.15) is 11.1 Å². The van der Waals surface area contributed by atoms with Gasteiger partial charge in [0.2, 0.25) is 5.91 Å². The van der Waals surface area contributed by atoms with Gasteiger partial charge in [-0.15, -0.1) is 0 Å². The van der Waals surface area contributed by atoms with E-state index in [1.165, 1.54) is 25.3 Å². The minimum absolute atomic E-state index is 0.174. The summed E-state index contributed by atoms with van der Waals surface area (Å²) in [6.45, 7) is 0.397. The second-order valence-corrected chi connectivity index (χ2v) is 4.31. The first-order valence-corrected chi connectivity index (χ1v) is 6.37. The molecule has 0 atom stereocenters. The molecule has 21 heavy (non-hydrogen) atoms. The second kappa shape index (κ2) is 7.19. The Morgan fingerprint density at radius 1 is 1.43 bits per heavy atom. The Balaban J connectivity index is 1.91. The number of ether oxygens (including phenoxy) is 1. The molecule has 2 aromatic rings. The zero-order valence-electron chi connectivity index (χ0n) is 11.5. The number of rotatable bonds is 5. The molecule has 1 N–H and O–H groups in total. The van der Waals surface area contributed by atoms with Crippen molar-refractivity contribution in [3.05, 3.63) is 65.7 Å². The summed E-state index contributed by atoms with van der Waals surface area (Å²) in [6.07, 6.45) is 6.25. The lowest BCUT2D eigenvalue weighted by atomic mass is 10.2. The highest BCUT2D eigenvalue weighted by molar-refractivity contribution is 5.91. The van der Waals surface area contributed by atoms with Gasteiger partial charge in [-0.2, -0.15) is 0 Å². The summed E-state index contributed by atoms with van der Waals surface area (Å²) >= 11 is 0. The Labute approximate surface area is 122 Å². The van der Waals surface area contributed by atoms with E-state index in [1.54, 1.807) is 30.6 Å². The van der Waals surface area contributed by atoms with Gasteiger partial charge in [0, 0.05) is 25.0 Å². The molecule has 1 heterocycles. The number of nitrogens with zero attached hydrogens (tertiary/aromatic N) is 1. The van der Waals surface area contributed by atoms with Gasteiger partial charge < -0.3 is 10.1 Å². The van der Waals surface area contributed by atoms with Crippen molar-refractivity contribution < 1.29 is 13.9 Å². The number of pyridine rings is 1. The quantitative estimate of drug-likeness (QED) is 0.859. The highest BCUT2D eigenvalue weighted by Gasteiger charge is 2.02. The second-order valence-electron chi connectivity index (χ2n) is 4.31. The third-order valence-corrected chi connectivity index (χ3v) is 2.79. The molecule has 5 heteroatoms. The fourth-order valence-electron chi connectivity index (χ4n) is 1.71. The Bertz CT molecular complexity index is 642. The zero-order chi connectivity index (χ0) is 15.1. The number of halogens is 1. The maximum absolute atomic E-state index is 13.5. The number of benzene rings is 1. The van der Waals surface area contributed by atoms with E-state index in [9.17, 15) is 9.18 Å².